The number of amides is 1. The van der Waals surface area contributed by atoms with E-state index in [0.717, 1.165) is 12.3 Å². The first kappa shape index (κ1) is 29.5. The molecule has 3 aromatic rings. The van der Waals surface area contributed by atoms with Crippen molar-refractivity contribution in [1.82, 2.24) is 19.9 Å². The number of nitrogens with zero attached hydrogens (tertiary/aromatic N) is 5. The number of alkyl halides is 2. The van der Waals surface area contributed by atoms with Crippen LogP contribution in [0, 0.1) is 11.6 Å². The van der Waals surface area contributed by atoms with Crippen LogP contribution in [0.3, 0.4) is 0 Å². The van der Waals surface area contributed by atoms with Crippen LogP contribution in [0.25, 0.3) is 11.1 Å². The number of aromatic nitrogens is 3. The fourth-order valence-electron chi connectivity index (χ4n) is 5.17. The number of carbonyl (C=O) groups is 1. The van der Waals surface area contributed by atoms with Gasteiger partial charge >= 0.3 is 0 Å². The number of halogens is 4. The Morgan fingerprint density at radius 3 is 2.50 bits per heavy atom. The van der Waals surface area contributed by atoms with Crippen LogP contribution < -0.4 is 20.7 Å². The largest absolute Gasteiger partial charge is 0.375 e. The van der Waals surface area contributed by atoms with Crippen molar-refractivity contribution in [3.8, 4) is 11.1 Å². The number of nitrogens with one attached hydrogen (secondary N) is 2. The van der Waals surface area contributed by atoms with Gasteiger partial charge in [0.25, 0.3) is 12.3 Å². The van der Waals surface area contributed by atoms with Gasteiger partial charge in [-0.15, -0.1) is 0 Å². The lowest BCUT2D eigenvalue weighted by molar-refractivity contribution is 0.0526. The molecule has 10 nitrogen and oxygen atoms in total. The Kier molecular flexibility index (Phi) is 8.45. The number of ether oxygens (including phenoxy) is 1. The van der Waals surface area contributed by atoms with Gasteiger partial charge in [-0.05, 0) is 20.9 Å². The highest BCUT2D eigenvalue weighted by molar-refractivity contribution is 6.07. The predicted octanol–water partition coefficient (Wildman–Crippen LogP) is 3.67. The molecular weight excluding hydrogens is 558 g/mol. The zero-order chi connectivity index (χ0) is 30.1. The van der Waals surface area contributed by atoms with Crippen LogP contribution in [0.5, 0.6) is 0 Å². The molecule has 14 heteroatoms. The number of rotatable bonds is 6. The molecule has 0 bridgehead atoms. The number of carbonyl (C=O) groups excluding carboxylic acids is 1. The molecule has 2 aromatic heterocycles. The normalized spacial score (nSPS) is 19.8. The summed E-state index contributed by atoms with van der Waals surface area (Å²) in [5.41, 5.74) is -2.94. The molecule has 0 unspecified atom stereocenters. The Morgan fingerprint density at radius 2 is 1.83 bits per heavy atom. The summed E-state index contributed by atoms with van der Waals surface area (Å²) in [6, 6.07) is 1.76. The van der Waals surface area contributed by atoms with Crippen molar-refractivity contribution in [1.29, 1.82) is 0 Å². The van der Waals surface area contributed by atoms with Gasteiger partial charge in [0.15, 0.2) is 5.82 Å². The summed E-state index contributed by atoms with van der Waals surface area (Å²) in [6.45, 7) is 6.87. The zero-order valence-electron chi connectivity index (χ0n) is 23.3. The Balaban J connectivity index is 1.56. The van der Waals surface area contributed by atoms with Gasteiger partial charge in [-0.25, -0.2) is 27.5 Å². The van der Waals surface area contributed by atoms with Crippen LogP contribution in [-0.2, 0) is 4.74 Å². The number of hydrogen-bond donors (Lipinski definition) is 2. The second-order valence-electron chi connectivity index (χ2n) is 10.5. The molecule has 2 N–H and O–H groups in total. The van der Waals surface area contributed by atoms with Crippen LogP contribution in [0.2, 0.25) is 0 Å². The van der Waals surface area contributed by atoms with Crippen molar-refractivity contribution >= 4 is 23.2 Å². The number of piperazine rings is 1. The maximum atomic E-state index is 16.3. The summed E-state index contributed by atoms with van der Waals surface area (Å²) in [5.74, 6) is -2.72. The van der Waals surface area contributed by atoms with Crippen molar-refractivity contribution in [3.05, 3.63) is 63.8 Å². The maximum absolute atomic E-state index is 16.3. The van der Waals surface area contributed by atoms with Crippen LogP contribution in [0.15, 0.2) is 35.5 Å². The first-order valence-electron chi connectivity index (χ1n) is 13.5. The number of H-pyrrole nitrogens is 1. The lowest BCUT2D eigenvalue weighted by Gasteiger charge is -2.39. The molecule has 0 saturated carbocycles. The van der Waals surface area contributed by atoms with Gasteiger partial charge in [-0.1, -0.05) is 0 Å². The number of benzene rings is 1. The molecule has 224 valence electrons. The standard InChI is InChI=1S/C28H31F4N7O3/c1-15-13-38(5-4-37(15)3)21-9-20(29)23(17-10-34-28(35-11-17)39-6-7-42-16(2)14-39)24(30)25(21)36-27(41)19-12-33-22(40)8-18(19)26(31)32/h8-12,15-16,26H,4-7,13-14H2,1-3H3,(H,33,40)(H,36,41)/t15-,16-/m0/s1. The monoisotopic (exact) mass is 589 g/mol. The summed E-state index contributed by atoms with van der Waals surface area (Å²) >= 11 is 0. The van der Waals surface area contributed by atoms with Crippen LogP contribution in [-0.4, -0.2) is 84.3 Å². The van der Waals surface area contributed by atoms with Gasteiger partial charge in [-0.2, -0.15) is 0 Å². The van der Waals surface area contributed by atoms with Crippen LogP contribution in [0.1, 0.15) is 36.2 Å². The maximum Gasteiger partial charge on any atom is 0.264 e. The minimum atomic E-state index is -3.13. The third-order valence-corrected chi connectivity index (χ3v) is 7.62. The van der Waals surface area contributed by atoms with Gasteiger partial charge in [0.05, 0.1) is 29.5 Å². The van der Waals surface area contributed by atoms with E-state index in [-0.39, 0.29) is 29.1 Å². The minimum Gasteiger partial charge on any atom is -0.375 e. The Hall–Kier alpha value is -4.04. The van der Waals surface area contributed by atoms with Gasteiger partial charge < -0.3 is 29.7 Å². The molecule has 2 aliphatic heterocycles. The van der Waals surface area contributed by atoms with E-state index in [4.69, 9.17) is 4.74 Å². The number of anilines is 3. The first-order chi connectivity index (χ1) is 20.0. The molecule has 0 radical (unpaired) electrons. The van der Waals surface area contributed by atoms with E-state index in [1.165, 1.54) is 12.4 Å². The highest BCUT2D eigenvalue weighted by Crippen LogP contribution is 2.39. The van der Waals surface area contributed by atoms with Gasteiger partial charge in [0.2, 0.25) is 11.5 Å². The third kappa shape index (κ3) is 5.95. The van der Waals surface area contributed by atoms with E-state index in [2.05, 4.69) is 25.2 Å². The molecule has 2 atom stereocenters. The Morgan fingerprint density at radius 1 is 1.10 bits per heavy atom. The van der Waals surface area contributed by atoms with Crippen molar-refractivity contribution in [2.45, 2.75) is 32.4 Å². The molecule has 0 aliphatic carbocycles. The van der Waals surface area contributed by atoms with E-state index in [1.54, 1.807) is 4.90 Å². The molecule has 42 heavy (non-hydrogen) atoms. The molecule has 5 rings (SSSR count). The fourth-order valence-corrected chi connectivity index (χ4v) is 5.17. The average Bonchev–Trinajstić information content (AvgIpc) is 2.96. The van der Waals surface area contributed by atoms with E-state index in [9.17, 15) is 18.4 Å². The summed E-state index contributed by atoms with van der Waals surface area (Å²) in [6.07, 6.45) is 0.275. The third-order valence-electron chi connectivity index (χ3n) is 7.62. The highest BCUT2D eigenvalue weighted by atomic mass is 19.3. The van der Waals surface area contributed by atoms with E-state index < -0.39 is 46.2 Å². The van der Waals surface area contributed by atoms with Crippen LogP contribution >= 0.6 is 0 Å². The van der Waals surface area contributed by atoms with E-state index >= 15 is 8.78 Å². The van der Waals surface area contributed by atoms with Crippen molar-refractivity contribution in [3.63, 3.8) is 0 Å². The molecule has 0 spiro atoms. The number of morpholine rings is 1. The molecule has 2 saturated heterocycles. The quantitative estimate of drug-likeness (QED) is 0.420. The number of likely N-dealkylation sites (N-methyl/N-ethyl adjacent to an activating group) is 1. The zero-order valence-corrected chi connectivity index (χ0v) is 23.3. The lowest BCUT2D eigenvalue weighted by atomic mass is 10.0. The smallest absolute Gasteiger partial charge is 0.264 e. The highest BCUT2D eigenvalue weighted by Gasteiger charge is 2.30. The van der Waals surface area contributed by atoms with E-state index in [1.807, 2.05) is 25.8 Å². The van der Waals surface area contributed by atoms with Gasteiger partial charge in [0, 0.05) is 80.6 Å². The van der Waals surface area contributed by atoms with Crippen molar-refractivity contribution in [2.75, 3.05) is 61.5 Å². The van der Waals surface area contributed by atoms with Gasteiger partial charge in [-0.3, -0.25) is 9.59 Å². The second-order valence-corrected chi connectivity index (χ2v) is 10.5. The first-order valence-corrected chi connectivity index (χ1v) is 13.5. The molecule has 2 fully saturated rings. The van der Waals surface area contributed by atoms with Crippen molar-refractivity contribution < 1.29 is 27.1 Å². The average molecular weight is 590 g/mol. The molecule has 2 aliphatic rings. The number of hydrogen-bond acceptors (Lipinski definition) is 8. The van der Waals surface area contributed by atoms with E-state index in [0.29, 0.717) is 51.3 Å². The molecule has 1 aromatic carbocycles. The Labute approximate surface area is 239 Å². The van der Waals surface area contributed by atoms with Crippen molar-refractivity contribution in [2.24, 2.45) is 0 Å². The van der Waals surface area contributed by atoms with Gasteiger partial charge in [0.1, 0.15) is 11.5 Å². The topological polar surface area (TPSA) is 107 Å². The summed E-state index contributed by atoms with van der Waals surface area (Å²) in [7, 11) is 1.93. The summed E-state index contributed by atoms with van der Waals surface area (Å²) in [4.78, 5) is 41.4. The van der Waals surface area contributed by atoms with Crippen LogP contribution in [0.4, 0.5) is 34.9 Å². The lowest BCUT2D eigenvalue weighted by Crippen LogP contribution is -2.50. The minimum absolute atomic E-state index is 0.0269. The number of pyridine rings is 1. The second kappa shape index (κ2) is 12.1. The molecule has 1 amide bonds. The molecule has 4 heterocycles. The molecular formula is C28H31F4N7O3. The fraction of sp³-hybridized carbons (Fsp3) is 0.429. The number of aromatic amines is 1. The summed E-state index contributed by atoms with van der Waals surface area (Å²) < 4.78 is 64.9. The predicted molar refractivity (Wildman–Crippen MR) is 149 cm³/mol. The summed E-state index contributed by atoms with van der Waals surface area (Å²) in [5, 5.41) is 2.38. The SMILES string of the molecule is C[C@H]1CN(c2ncc(-c3c(F)cc(N4CCN(C)[C@@H](C)C4)c(NC(=O)c4c[nH]c(=O)cc4C(F)F)c3F)cn2)CCO1. The Bertz CT molecular complexity index is 1520.